The molecular formula is C17H23N5O. The van der Waals surface area contributed by atoms with Crippen molar-refractivity contribution in [2.24, 2.45) is 7.05 Å². The average Bonchev–Trinajstić information content (AvgIpc) is 3.24. The first kappa shape index (κ1) is 14.5. The number of aryl methyl sites for hydroxylation is 2. The first-order valence-electron chi connectivity index (χ1n) is 8.48. The summed E-state index contributed by atoms with van der Waals surface area (Å²) in [5.41, 5.74) is 1.89. The van der Waals surface area contributed by atoms with Crippen LogP contribution in [0.1, 0.15) is 53.0 Å². The van der Waals surface area contributed by atoms with E-state index >= 15 is 0 Å². The SMILES string of the molecule is Cc1ccc(C(=O)N2CCC(c3nnc4n3CCC4)CC2)n1C. The van der Waals surface area contributed by atoms with Crippen molar-refractivity contribution in [3.63, 3.8) is 0 Å². The predicted molar refractivity (Wildman–Crippen MR) is 86.4 cm³/mol. The number of fused-ring (bicyclic) bond motifs is 1. The van der Waals surface area contributed by atoms with Gasteiger partial charge in [0, 0.05) is 44.7 Å². The van der Waals surface area contributed by atoms with E-state index in [-0.39, 0.29) is 5.91 Å². The van der Waals surface area contributed by atoms with Crippen LogP contribution in [0.3, 0.4) is 0 Å². The summed E-state index contributed by atoms with van der Waals surface area (Å²) in [6.45, 7) is 4.68. The summed E-state index contributed by atoms with van der Waals surface area (Å²) in [6, 6.07) is 3.93. The zero-order valence-corrected chi connectivity index (χ0v) is 13.8. The summed E-state index contributed by atoms with van der Waals surface area (Å²) in [7, 11) is 1.95. The van der Waals surface area contributed by atoms with Crippen LogP contribution in [0.2, 0.25) is 0 Å². The third-order valence-electron chi connectivity index (χ3n) is 5.38. The number of likely N-dealkylation sites (tertiary alicyclic amines) is 1. The molecule has 1 amide bonds. The van der Waals surface area contributed by atoms with Gasteiger partial charge in [0.25, 0.3) is 5.91 Å². The van der Waals surface area contributed by atoms with E-state index < -0.39 is 0 Å². The van der Waals surface area contributed by atoms with Gasteiger partial charge >= 0.3 is 0 Å². The minimum Gasteiger partial charge on any atom is -0.344 e. The van der Waals surface area contributed by atoms with Gasteiger partial charge in [0.05, 0.1) is 0 Å². The molecule has 0 N–H and O–H groups in total. The second-order valence-corrected chi connectivity index (χ2v) is 6.72. The van der Waals surface area contributed by atoms with Gasteiger partial charge in [0.1, 0.15) is 17.3 Å². The van der Waals surface area contributed by atoms with Gasteiger partial charge in [0.2, 0.25) is 0 Å². The molecule has 2 aliphatic rings. The topological polar surface area (TPSA) is 56.0 Å². The molecule has 6 nitrogen and oxygen atoms in total. The van der Waals surface area contributed by atoms with Gasteiger partial charge in [-0.25, -0.2) is 0 Å². The Balaban J connectivity index is 1.45. The molecule has 0 saturated carbocycles. The molecule has 0 spiro atoms. The highest BCUT2D eigenvalue weighted by Gasteiger charge is 2.30. The lowest BCUT2D eigenvalue weighted by Crippen LogP contribution is -2.39. The average molecular weight is 313 g/mol. The molecule has 0 radical (unpaired) electrons. The van der Waals surface area contributed by atoms with Crippen molar-refractivity contribution in [1.82, 2.24) is 24.2 Å². The summed E-state index contributed by atoms with van der Waals surface area (Å²) in [5.74, 6) is 2.86. The second-order valence-electron chi connectivity index (χ2n) is 6.72. The summed E-state index contributed by atoms with van der Waals surface area (Å²) in [5, 5.41) is 8.73. The van der Waals surface area contributed by atoms with Crippen LogP contribution in [0.25, 0.3) is 0 Å². The Morgan fingerprint density at radius 3 is 2.65 bits per heavy atom. The number of carbonyl (C=O) groups is 1. The lowest BCUT2D eigenvalue weighted by molar-refractivity contribution is 0.0700. The zero-order chi connectivity index (χ0) is 16.0. The second kappa shape index (κ2) is 5.51. The molecule has 2 aromatic heterocycles. The monoisotopic (exact) mass is 313 g/mol. The van der Waals surface area contributed by atoms with Crippen LogP contribution in [0.15, 0.2) is 12.1 Å². The number of rotatable bonds is 2. The van der Waals surface area contributed by atoms with Crippen molar-refractivity contribution in [2.45, 2.75) is 45.1 Å². The van der Waals surface area contributed by atoms with Gasteiger partial charge < -0.3 is 14.0 Å². The number of nitrogens with zero attached hydrogens (tertiary/aromatic N) is 5. The summed E-state index contributed by atoms with van der Waals surface area (Å²) in [6.07, 6.45) is 4.19. The smallest absolute Gasteiger partial charge is 0.270 e. The highest BCUT2D eigenvalue weighted by Crippen LogP contribution is 2.30. The molecule has 4 rings (SSSR count). The highest BCUT2D eigenvalue weighted by atomic mass is 16.2. The third kappa shape index (κ3) is 2.36. The third-order valence-corrected chi connectivity index (χ3v) is 5.38. The van der Waals surface area contributed by atoms with E-state index in [0.29, 0.717) is 5.92 Å². The Morgan fingerprint density at radius 2 is 1.96 bits per heavy atom. The Morgan fingerprint density at radius 1 is 1.17 bits per heavy atom. The van der Waals surface area contributed by atoms with Crippen molar-refractivity contribution in [3.8, 4) is 0 Å². The first-order valence-corrected chi connectivity index (χ1v) is 8.48. The Hall–Kier alpha value is -2.11. The molecule has 0 bridgehead atoms. The van der Waals surface area contributed by atoms with Gasteiger partial charge in [0.15, 0.2) is 0 Å². The van der Waals surface area contributed by atoms with Gasteiger partial charge in [-0.15, -0.1) is 10.2 Å². The lowest BCUT2D eigenvalue weighted by Gasteiger charge is -2.31. The van der Waals surface area contributed by atoms with Gasteiger partial charge in [-0.2, -0.15) is 0 Å². The number of hydrogen-bond acceptors (Lipinski definition) is 3. The van der Waals surface area contributed by atoms with Crippen LogP contribution in [-0.4, -0.2) is 43.2 Å². The largest absolute Gasteiger partial charge is 0.344 e. The molecule has 6 heteroatoms. The number of carbonyl (C=O) groups excluding carboxylic acids is 1. The van der Waals surface area contributed by atoms with E-state index in [1.807, 2.05) is 35.6 Å². The maximum absolute atomic E-state index is 12.7. The van der Waals surface area contributed by atoms with Crippen molar-refractivity contribution < 1.29 is 4.79 Å². The quantitative estimate of drug-likeness (QED) is 0.851. The van der Waals surface area contributed by atoms with Crippen LogP contribution in [0.5, 0.6) is 0 Å². The van der Waals surface area contributed by atoms with Crippen LogP contribution >= 0.6 is 0 Å². The van der Waals surface area contributed by atoms with E-state index in [1.54, 1.807) is 0 Å². The van der Waals surface area contributed by atoms with E-state index in [1.165, 1.54) is 6.42 Å². The highest BCUT2D eigenvalue weighted by molar-refractivity contribution is 5.93. The van der Waals surface area contributed by atoms with Crippen LogP contribution in [0, 0.1) is 6.92 Å². The Labute approximate surface area is 136 Å². The Kier molecular flexibility index (Phi) is 3.47. The van der Waals surface area contributed by atoms with Crippen LogP contribution in [0.4, 0.5) is 0 Å². The minimum atomic E-state index is 0.144. The normalized spacial score (nSPS) is 18.4. The molecule has 23 heavy (non-hydrogen) atoms. The number of piperidine rings is 1. The van der Waals surface area contributed by atoms with Crippen LogP contribution < -0.4 is 0 Å². The van der Waals surface area contributed by atoms with Crippen LogP contribution in [-0.2, 0) is 20.0 Å². The summed E-state index contributed by atoms with van der Waals surface area (Å²) in [4.78, 5) is 14.7. The molecule has 0 atom stereocenters. The minimum absolute atomic E-state index is 0.144. The maximum atomic E-state index is 12.7. The fourth-order valence-electron chi connectivity index (χ4n) is 3.81. The Bertz CT molecular complexity index is 736. The maximum Gasteiger partial charge on any atom is 0.270 e. The first-order chi connectivity index (χ1) is 11.1. The van der Waals surface area contributed by atoms with Crippen molar-refractivity contribution >= 4 is 5.91 Å². The molecule has 0 unspecified atom stereocenters. The van der Waals surface area contributed by atoms with E-state index in [0.717, 1.165) is 61.9 Å². The number of amides is 1. The van der Waals surface area contributed by atoms with Gasteiger partial charge in [-0.1, -0.05) is 0 Å². The standard InChI is InChI=1S/C17H23N5O/c1-12-5-6-14(20(12)2)17(23)21-10-7-13(8-11-21)16-19-18-15-4-3-9-22(15)16/h5-6,13H,3-4,7-11H2,1-2H3. The molecule has 0 aliphatic carbocycles. The van der Waals surface area contributed by atoms with E-state index in [4.69, 9.17) is 0 Å². The molecule has 4 heterocycles. The fraction of sp³-hybridized carbons (Fsp3) is 0.588. The predicted octanol–water partition coefficient (Wildman–Crippen LogP) is 1.89. The molecule has 2 aromatic rings. The van der Waals surface area contributed by atoms with E-state index in [2.05, 4.69) is 14.8 Å². The summed E-state index contributed by atoms with van der Waals surface area (Å²) >= 11 is 0. The number of aromatic nitrogens is 4. The summed E-state index contributed by atoms with van der Waals surface area (Å²) < 4.78 is 4.27. The van der Waals surface area contributed by atoms with E-state index in [9.17, 15) is 4.79 Å². The fourth-order valence-corrected chi connectivity index (χ4v) is 3.81. The molecule has 122 valence electrons. The molecule has 1 fully saturated rings. The van der Waals surface area contributed by atoms with Crippen molar-refractivity contribution in [2.75, 3.05) is 13.1 Å². The van der Waals surface area contributed by atoms with Crippen molar-refractivity contribution in [3.05, 3.63) is 35.2 Å². The molecule has 1 saturated heterocycles. The molecule has 0 aromatic carbocycles. The molecule has 2 aliphatic heterocycles. The van der Waals surface area contributed by atoms with Gasteiger partial charge in [-0.05, 0) is 38.3 Å². The number of hydrogen-bond donors (Lipinski definition) is 0. The van der Waals surface area contributed by atoms with Crippen molar-refractivity contribution in [1.29, 1.82) is 0 Å². The lowest BCUT2D eigenvalue weighted by atomic mass is 9.95. The van der Waals surface area contributed by atoms with Gasteiger partial charge in [-0.3, -0.25) is 4.79 Å². The molecular weight excluding hydrogens is 290 g/mol. The zero-order valence-electron chi connectivity index (χ0n) is 13.8.